The van der Waals surface area contributed by atoms with E-state index in [-0.39, 0.29) is 31.1 Å². The highest BCUT2D eigenvalue weighted by Gasteiger charge is 2.37. The Hall–Kier alpha value is -3.45. The number of hydrogen-bond donors (Lipinski definition) is 2. The van der Waals surface area contributed by atoms with Crippen molar-refractivity contribution in [3.05, 3.63) is 93.9 Å². The number of hydrogen-bond acceptors (Lipinski definition) is 7. The number of benzene rings is 2. The molecule has 2 aromatic carbocycles. The summed E-state index contributed by atoms with van der Waals surface area (Å²) in [6.07, 6.45) is 1.67. The molecule has 0 amide bonds. The Morgan fingerprint density at radius 2 is 1.90 bits per heavy atom. The fourth-order valence-electron chi connectivity index (χ4n) is 4.86. The third-order valence-electron chi connectivity index (χ3n) is 6.96. The minimum absolute atomic E-state index is 0.149. The minimum Gasteiger partial charge on any atom is -0.351 e. The molecule has 2 aliphatic rings. The summed E-state index contributed by atoms with van der Waals surface area (Å²) in [7, 11) is 3.43. The quantitative estimate of drug-likeness (QED) is 0.246. The number of alkyl halides is 1. The smallest absolute Gasteiger partial charge is 0.145 e. The predicted octanol–water partition coefficient (Wildman–Crippen LogP) is 4.96. The summed E-state index contributed by atoms with van der Waals surface area (Å²) in [5, 5.41) is 6.29. The zero-order valence-electron chi connectivity index (χ0n) is 21.8. The number of fused-ring (bicyclic) bond motifs is 1. The van der Waals surface area contributed by atoms with Crippen molar-refractivity contribution >= 4 is 22.2 Å². The topological polar surface area (TPSA) is 74.7 Å². The van der Waals surface area contributed by atoms with Crippen LogP contribution in [-0.2, 0) is 9.53 Å². The van der Waals surface area contributed by atoms with E-state index in [0.717, 1.165) is 10.2 Å². The molecule has 2 heterocycles. The van der Waals surface area contributed by atoms with Crippen molar-refractivity contribution in [2.75, 3.05) is 27.2 Å². The van der Waals surface area contributed by atoms with Gasteiger partial charge in [0, 0.05) is 41.3 Å². The minimum atomic E-state index is -1.51. The van der Waals surface area contributed by atoms with Gasteiger partial charge in [-0.25, -0.2) is 17.9 Å². The second-order valence-corrected chi connectivity index (χ2v) is 10.5. The molecule has 210 valence electrons. The van der Waals surface area contributed by atoms with Gasteiger partial charge in [-0.1, -0.05) is 15.9 Å². The van der Waals surface area contributed by atoms with Gasteiger partial charge >= 0.3 is 0 Å². The Kier molecular flexibility index (Phi) is 8.40. The van der Waals surface area contributed by atoms with E-state index in [1.807, 2.05) is 24.3 Å². The van der Waals surface area contributed by atoms with E-state index in [4.69, 9.17) is 9.84 Å². The van der Waals surface area contributed by atoms with Gasteiger partial charge in [-0.05, 0) is 68.1 Å². The first-order valence-corrected chi connectivity index (χ1v) is 13.4. The number of carbonyl (C=O) groups excluding carboxylic acids is 1. The second-order valence-electron chi connectivity index (χ2n) is 9.60. The Balaban J connectivity index is 1.45. The van der Waals surface area contributed by atoms with Gasteiger partial charge in [0.05, 0.1) is 17.1 Å². The molecule has 0 bridgehead atoms. The van der Waals surface area contributed by atoms with Gasteiger partial charge < -0.3 is 9.53 Å². The first-order valence-electron chi connectivity index (χ1n) is 12.6. The number of nitrogens with zero attached hydrogens (tertiary/aromatic N) is 4. The van der Waals surface area contributed by atoms with Crippen molar-refractivity contribution in [1.82, 2.24) is 30.6 Å². The maximum absolute atomic E-state index is 15.3. The van der Waals surface area contributed by atoms with Crippen LogP contribution in [0, 0.1) is 11.7 Å². The summed E-state index contributed by atoms with van der Waals surface area (Å²) in [5.41, 5.74) is 8.72. The van der Waals surface area contributed by atoms with E-state index < -0.39 is 24.1 Å². The van der Waals surface area contributed by atoms with Crippen LogP contribution in [0.15, 0.2) is 82.5 Å². The van der Waals surface area contributed by atoms with Crippen LogP contribution < -0.4 is 11.0 Å². The molecule has 2 N–H and O–H groups in total. The molecular weight excluding hydrogens is 589 g/mol. The summed E-state index contributed by atoms with van der Waals surface area (Å²) < 4.78 is 52.6. The molecule has 12 heteroatoms. The van der Waals surface area contributed by atoms with E-state index in [1.165, 1.54) is 23.2 Å². The SMILES string of the molecule is CN1NNC2=C(F)C(CCN(C)C(OCC=O)c3cn(-c4ccc(Br)cc4)nc3-c3ccc(F)cc3)C(F)C=C21. The Morgan fingerprint density at radius 1 is 1.18 bits per heavy atom. The first-order chi connectivity index (χ1) is 19.3. The van der Waals surface area contributed by atoms with Gasteiger partial charge in [-0.3, -0.25) is 15.3 Å². The van der Waals surface area contributed by atoms with Crippen LogP contribution in [0.2, 0.25) is 0 Å². The molecule has 1 aliphatic heterocycles. The number of nitrogens with one attached hydrogen (secondary N) is 2. The lowest BCUT2D eigenvalue weighted by molar-refractivity contribution is -0.119. The molecule has 0 saturated carbocycles. The number of rotatable bonds is 10. The number of ether oxygens (including phenoxy) is 1. The highest BCUT2D eigenvalue weighted by atomic mass is 79.9. The summed E-state index contributed by atoms with van der Waals surface area (Å²) in [6, 6.07) is 13.4. The molecule has 0 radical (unpaired) electrons. The van der Waals surface area contributed by atoms with Gasteiger partial charge in [0.25, 0.3) is 0 Å². The standard InChI is InChI=1S/C28H28BrF3N6O2/c1-36(12-11-21-23(31)15-24-27(25(21)32)33-35-37(24)2)28(40-14-13-39)22-16-38(20-9-5-18(29)6-10-20)34-26(22)17-3-7-19(30)8-4-17/h3-10,13,15-16,21,23,28,33,35H,11-12,14H2,1-2H3. The van der Waals surface area contributed by atoms with Crippen LogP contribution in [0.1, 0.15) is 18.2 Å². The number of hydrazine groups is 2. The first kappa shape index (κ1) is 28.1. The molecule has 3 unspecified atom stereocenters. The maximum Gasteiger partial charge on any atom is 0.145 e. The van der Waals surface area contributed by atoms with Crippen molar-refractivity contribution in [2.45, 2.75) is 18.8 Å². The van der Waals surface area contributed by atoms with Crippen LogP contribution in [0.4, 0.5) is 13.2 Å². The van der Waals surface area contributed by atoms with Crippen molar-refractivity contribution in [3.63, 3.8) is 0 Å². The molecule has 1 aliphatic carbocycles. The number of likely N-dealkylation sites (N-methyl/N-ethyl adjacent to an activating group) is 1. The van der Waals surface area contributed by atoms with Crippen LogP contribution in [0.5, 0.6) is 0 Å². The summed E-state index contributed by atoms with van der Waals surface area (Å²) in [6.45, 7) is 0.0387. The molecule has 1 aromatic heterocycles. The van der Waals surface area contributed by atoms with Gasteiger partial charge in [-0.2, -0.15) is 5.10 Å². The fraction of sp³-hybridized carbons (Fsp3) is 0.286. The molecular formula is C28H28BrF3N6O2. The van der Waals surface area contributed by atoms with Crippen molar-refractivity contribution in [1.29, 1.82) is 0 Å². The lowest BCUT2D eigenvalue weighted by Gasteiger charge is -2.30. The average molecular weight is 617 g/mol. The number of halogens is 4. The summed E-state index contributed by atoms with van der Waals surface area (Å²) in [4.78, 5) is 13.1. The van der Waals surface area contributed by atoms with E-state index in [2.05, 4.69) is 26.9 Å². The van der Waals surface area contributed by atoms with Crippen LogP contribution in [-0.4, -0.2) is 59.4 Å². The van der Waals surface area contributed by atoms with Gasteiger partial charge in [0.2, 0.25) is 0 Å². The van der Waals surface area contributed by atoms with E-state index in [1.54, 1.807) is 42.0 Å². The Bertz CT molecular complexity index is 1430. The van der Waals surface area contributed by atoms with Crippen LogP contribution in [0.3, 0.4) is 0 Å². The molecule has 1 saturated heterocycles. The van der Waals surface area contributed by atoms with Gasteiger partial charge in [0.15, 0.2) is 0 Å². The van der Waals surface area contributed by atoms with Crippen molar-refractivity contribution in [3.8, 4) is 16.9 Å². The highest BCUT2D eigenvalue weighted by Crippen LogP contribution is 2.37. The van der Waals surface area contributed by atoms with Crippen molar-refractivity contribution in [2.24, 2.45) is 5.92 Å². The van der Waals surface area contributed by atoms with E-state index >= 15 is 8.78 Å². The van der Waals surface area contributed by atoms with E-state index in [0.29, 0.717) is 28.8 Å². The number of aldehydes is 1. The third kappa shape index (κ3) is 5.71. The molecule has 8 nitrogen and oxygen atoms in total. The Morgan fingerprint density at radius 3 is 2.60 bits per heavy atom. The number of aromatic nitrogens is 2. The highest BCUT2D eigenvalue weighted by molar-refractivity contribution is 9.10. The second kappa shape index (κ2) is 12.0. The lowest BCUT2D eigenvalue weighted by Crippen LogP contribution is -2.32. The zero-order valence-corrected chi connectivity index (χ0v) is 23.4. The zero-order chi connectivity index (χ0) is 28.4. The van der Waals surface area contributed by atoms with Gasteiger partial charge in [-0.15, -0.1) is 5.53 Å². The Labute approximate surface area is 238 Å². The molecule has 3 atom stereocenters. The normalized spacial score (nSPS) is 19.5. The van der Waals surface area contributed by atoms with E-state index in [9.17, 15) is 9.18 Å². The third-order valence-corrected chi connectivity index (χ3v) is 7.49. The van der Waals surface area contributed by atoms with Gasteiger partial charge in [0.1, 0.15) is 42.6 Å². The molecule has 0 spiro atoms. The molecule has 40 heavy (non-hydrogen) atoms. The lowest BCUT2D eigenvalue weighted by atomic mass is 9.91. The molecule has 1 fully saturated rings. The number of allylic oxidation sites excluding steroid dienone is 2. The average Bonchev–Trinajstić information content (AvgIpc) is 3.54. The summed E-state index contributed by atoms with van der Waals surface area (Å²) in [5.74, 6) is -1.94. The largest absolute Gasteiger partial charge is 0.351 e. The number of carbonyl (C=O) groups is 1. The molecule has 5 rings (SSSR count). The van der Waals surface area contributed by atoms with Crippen LogP contribution >= 0.6 is 15.9 Å². The fourth-order valence-corrected chi connectivity index (χ4v) is 5.12. The summed E-state index contributed by atoms with van der Waals surface area (Å²) >= 11 is 3.43. The monoisotopic (exact) mass is 616 g/mol. The molecule has 3 aromatic rings. The maximum atomic E-state index is 15.3. The van der Waals surface area contributed by atoms with Crippen molar-refractivity contribution < 1.29 is 22.7 Å². The van der Waals surface area contributed by atoms with Crippen LogP contribution in [0.25, 0.3) is 16.9 Å². The predicted molar refractivity (Wildman–Crippen MR) is 147 cm³/mol.